The summed E-state index contributed by atoms with van der Waals surface area (Å²) in [4.78, 5) is 17.2. The van der Waals surface area contributed by atoms with Crippen molar-refractivity contribution in [3.8, 4) is 22.9 Å². The minimum atomic E-state index is -0.522. The topological polar surface area (TPSA) is 95.7 Å². The molecule has 1 atom stereocenters. The number of amides is 1. The Morgan fingerprint density at radius 3 is 2.29 bits per heavy atom. The number of methoxy groups -OCH3 is 2. The van der Waals surface area contributed by atoms with Gasteiger partial charge in [0.15, 0.2) is 11.5 Å². The lowest BCUT2D eigenvalue weighted by Crippen LogP contribution is -2.33. The fourth-order valence-corrected chi connectivity index (χ4v) is 3.59. The lowest BCUT2D eigenvalue weighted by molar-refractivity contribution is -0.127. The number of benzene rings is 3. The zero-order valence-corrected chi connectivity index (χ0v) is 19.6. The summed E-state index contributed by atoms with van der Waals surface area (Å²) in [6.45, 7) is 0.262. The number of carbonyl (C=O) groups is 1. The molecule has 8 nitrogen and oxygen atoms in total. The van der Waals surface area contributed by atoms with Crippen LogP contribution in [0, 0.1) is 0 Å². The van der Waals surface area contributed by atoms with Gasteiger partial charge in [0, 0.05) is 12.0 Å². The van der Waals surface area contributed by atoms with E-state index in [1.54, 1.807) is 26.4 Å². The first-order chi connectivity index (χ1) is 17.2. The molecule has 8 heteroatoms. The van der Waals surface area contributed by atoms with E-state index in [9.17, 15) is 4.79 Å². The molecule has 0 saturated carbocycles. The van der Waals surface area contributed by atoms with Gasteiger partial charge in [0.05, 0.1) is 20.8 Å². The van der Waals surface area contributed by atoms with Crippen LogP contribution in [0.4, 0.5) is 0 Å². The van der Waals surface area contributed by atoms with Gasteiger partial charge in [-0.3, -0.25) is 4.79 Å². The second kappa shape index (κ2) is 11.8. The Bertz CT molecular complexity index is 1230. The zero-order valence-electron chi connectivity index (χ0n) is 19.6. The summed E-state index contributed by atoms with van der Waals surface area (Å²) in [6, 6.07) is 24.3. The number of hydrogen-bond acceptors (Lipinski definition) is 7. The van der Waals surface area contributed by atoms with Gasteiger partial charge >= 0.3 is 0 Å². The maximum atomic E-state index is 12.7. The summed E-state index contributed by atoms with van der Waals surface area (Å²) in [5, 5.41) is 7.09. The summed E-state index contributed by atoms with van der Waals surface area (Å²) in [5.74, 6) is 1.57. The number of nitrogens with zero attached hydrogens (tertiary/aromatic N) is 2. The van der Waals surface area contributed by atoms with Gasteiger partial charge in [-0.2, -0.15) is 4.98 Å². The predicted octanol–water partition coefficient (Wildman–Crippen LogP) is 4.37. The van der Waals surface area contributed by atoms with Gasteiger partial charge in [-0.1, -0.05) is 65.8 Å². The Labute approximate surface area is 203 Å². The molecule has 1 heterocycles. The molecule has 0 aliphatic carbocycles. The standard InChI is InChI=1S/C27H27N3O5/c1-32-23-14-13-21(16-24(23)33-2)26-29-27(35-30-26)22(15-19-9-5-3-6-10-19)28-25(31)18-34-17-20-11-7-4-8-12-20/h3-14,16,22H,15,17-18H2,1-2H3,(H,28,31)/t22-/m0/s1. The Kier molecular flexibility index (Phi) is 8.08. The molecule has 1 amide bonds. The van der Waals surface area contributed by atoms with E-state index >= 15 is 0 Å². The summed E-state index contributed by atoms with van der Waals surface area (Å²) in [6.07, 6.45) is 0.485. The van der Waals surface area contributed by atoms with Crippen LogP contribution >= 0.6 is 0 Å². The average molecular weight is 474 g/mol. The lowest BCUT2D eigenvalue weighted by atomic mass is 10.1. The van der Waals surface area contributed by atoms with Crippen molar-refractivity contribution in [2.24, 2.45) is 0 Å². The van der Waals surface area contributed by atoms with Crippen LogP contribution in [-0.4, -0.2) is 36.9 Å². The maximum Gasteiger partial charge on any atom is 0.249 e. The van der Waals surface area contributed by atoms with E-state index in [-0.39, 0.29) is 12.5 Å². The van der Waals surface area contributed by atoms with Crippen LogP contribution in [0.15, 0.2) is 83.4 Å². The van der Waals surface area contributed by atoms with Gasteiger partial charge in [-0.15, -0.1) is 0 Å². The van der Waals surface area contributed by atoms with Crippen LogP contribution in [0.25, 0.3) is 11.4 Å². The van der Waals surface area contributed by atoms with Crippen molar-refractivity contribution in [2.45, 2.75) is 19.1 Å². The molecule has 0 saturated heterocycles. The summed E-state index contributed by atoms with van der Waals surface area (Å²) in [7, 11) is 3.14. The van der Waals surface area contributed by atoms with Crippen molar-refractivity contribution in [1.29, 1.82) is 0 Å². The predicted molar refractivity (Wildman–Crippen MR) is 130 cm³/mol. The molecule has 180 valence electrons. The average Bonchev–Trinajstić information content (AvgIpc) is 3.39. The van der Waals surface area contributed by atoms with Crippen molar-refractivity contribution < 1.29 is 23.5 Å². The molecule has 0 bridgehead atoms. The number of nitrogens with one attached hydrogen (secondary N) is 1. The van der Waals surface area contributed by atoms with Crippen LogP contribution in [0.3, 0.4) is 0 Å². The minimum absolute atomic E-state index is 0.0865. The number of hydrogen-bond donors (Lipinski definition) is 1. The Morgan fingerprint density at radius 2 is 1.60 bits per heavy atom. The molecule has 1 aromatic heterocycles. The number of rotatable bonds is 11. The molecule has 4 aromatic rings. The lowest BCUT2D eigenvalue weighted by Gasteiger charge is -2.15. The quantitative estimate of drug-likeness (QED) is 0.346. The van der Waals surface area contributed by atoms with Crippen molar-refractivity contribution in [1.82, 2.24) is 15.5 Å². The number of carbonyl (C=O) groups excluding carboxylic acids is 1. The van der Waals surface area contributed by atoms with E-state index < -0.39 is 6.04 Å². The third-order valence-corrected chi connectivity index (χ3v) is 5.34. The summed E-state index contributed by atoms with van der Waals surface area (Å²) in [5.41, 5.74) is 2.72. The molecule has 0 spiro atoms. The van der Waals surface area contributed by atoms with Gasteiger partial charge in [-0.25, -0.2) is 0 Å². The van der Waals surface area contributed by atoms with Crippen LogP contribution < -0.4 is 14.8 Å². The molecule has 0 unspecified atom stereocenters. The van der Waals surface area contributed by atoms with Gasteiger partial charge in [0.1, 0.15) is 12.6 Å². The van der Waals surface area contributed by atoms with Crippen molar-refractivity contribution in [2.75, 3.05) is 20.8 Å². The second-order valence-electron chi connectivity index (χ2n) is 7.81. The molecular formula is C27H27N3O5. The first kappa shape index (κ1) is 24.0. The van der Waals surface area contributed by atoms with Crippen LogP contribution in [0.1, 0.15) is 23.1 Å². The third-order valence-electron chi connectivity index (χ3n) is 5.34. The molecular weight excluding hydrogens is 446 g/mol. The largest absolute Gasteiger partial charge is 0.493 e. The summed E-state index contributed by atoms with van der Waals surface area (Å²) < 4.78 is 21.8. The molecule has 0 aliphatic heterocycles. The highest BCUT2D eigenvalue weighted by Gasteiger charge is 2.23. The van der Waals surface area contributed by atoms with E-state index in [4.69, 9.17) is 18.7 Å². The molecule has 0 radical (unpaired) electrons. The molecule has 3 aromatic carbocycles. The van der Waals surface area contributed by atoms with Crippen LogP contribution in [-0.2, 0) is 22.6 Å². The Hall–Kier alpha value is -4.17. The molecule has 0 aliphatic rings. The monoisotopic (exact) mass is 473 g/mol. The van der Waals surface area contributed by atoms with Crippen LogP contribution in [0.2, 0.25) is 0 Å². The Balaban J connectivity index is 1.48. The van der Waals surface area contributed by atoms with Crippen molar-refractivity contribution >= 4 is 5.91 Å². The number of ether oxygens (including phenoxy) is 3. The number of aromatic nitrogens is 2. The highest BCUT2D eigenvalue weighted by atomic mass is 16.5. The van der Waals surface area contributed by atoms with E-state index in [0.29, 0.717) is 41.8 Å². The van der Waals surface area contributed by atoms with E-state index in [0.717, 1.165) is 11.1 Å². The molecule has 35 heavy (non-hydrogen) atoms. The Morgan fingerprint density at radius 1 is 0.914 bits per heavy atom. The smallest absolute Gasteiger partial charge is 0.249 e. The first-order valence-electron chi connectivity index (χ1n) is 11.2. The molecule has 0 fully saturated rings. The second-order valence-corrected chi connectivity index (χ2v) is 7.81. The SMILES string of the molecule is COc1ccc(-c2noc([C@H](Cc3ccccc3)NC(=O)COCc3ccccc3)n2)cc1OC. The van der Waals surface area contributed by atoms with E-state index in [2.05, 4.69) is 15.5 Å². The highest BCUT2D eigenvalue weighted by Crippen LogP contribution is 2.31. The molecule has 4 rings (SSSR count). The summed E-state index contributed by atoms with van der Waals surface area (Å²) >= 11 is 0. The molecule has 1 N–H and O–H groups in total. The fourth-order valence-electron chi connectivity index (χ4n) is 3.59. The van der Waals surface area contributed by atoms with Crippen molar-refractivity contribution in [3.05, 3.63) is 95.9 Å². The first-order valence-corrected chi connectivity index (χ1v) is 11.2. The highest BCUT2D eigenvalue weighted by molar-refractivity contribution is 5.77. The zero-order chi connectivity index (χ0) is 24.5. The van der Waals surface area contributed by atoms with Crippen LogP contribution in [0.5, 0.6) is 11.5 Å². The third kappa shape index (κ3) is 6.45. The van der Waals surface area contributed by atoms with Gasteiger partial charge < -0.3 is 24.1 Å². The maximum absolute atomic E-state index is 12.7. The van der Waals surface area contributed by atoms with Gasteiger partial charge in [0.25, 0.3) is 0 Å². The minimum Gasteiger partial charge on any atom is -0.493 e. The van der Waals surface area contributed by atoms with E-state index in [1.807, 2.05) is 66.7 Å². The van der Waals surface area contributed by atoms with E-state index in [1.165, 1.54) is 0 Å². The fraction of sp³-hybridized carbons (Fsp3) is 0.222. The van der Waals surface area contributed by atoms with Crippen molar-refractivity contribution in [3.63, 3.8) is 0 Å². The normalized spacial score (nSPS) is 11.6. The van der Waals surface area contributed by atoms with Gasteiger partial charge in [-0.05, 0) is 29.3 Å². The van der Waals surface area contributed by atoms with Gasteiger partial charge in [0.2, 0.25) is 17.6 Å².